The van der Waals surface area contributed by atoms with Gasteiger partial charge in [0.2, 0.25) is 0 Å². The lowest BCUT2D eigenvalue weighted by atomic mass is 10.1. The summed E-state index contributed by atoms with van der Waals surface area (Å²) in [7, 11) is 3.23. The topological polar surface area (TPSA) is 27.7 Å². The zero-order valence-corrected chi connectivity index (χ0v) is 10.3. The summed E-state index contributed by atoms with van der Waals surface area (Å²) in [5.41, 5.74) is 0.943. The van der Waals surface area contributed by atoms with Gasteiger partial charge >= 0.3 is 0 Å². The number of hydrogen-bond acceptors (Lipinski definition) is 3. The Morgan fingerprint density at radius 1 is 1.12 bits per heavy atom. The van der Waals surface area contributed by atoms with Crippen LogP contribution < -0.4 is 9.47 Å². The molecule has 0 aliphatic carbocycles. The van der Waals surface area contributed by atoms with Crippen molar-refractivity contribution in [2.24, 2.45) is 0 Å². The average molecular weight is 234 g/mol. The van der Waals surface area contributed by atoms with E-state index in [1.165, 1.54) is 0 Å². The van der Waals surface area contributed by atoms with Crippen LogP contribution in [0.5, 0.6) is 11.5 Å². The van der Waals surface area contributed by atoms with Crippen molar-refractivity contribution in [3.8, 4) is 11.5 Å². The van der Waals surface area contributed by atoms with E-state index in [1.54, 1.807) is 26.4 Å². The van der Waals surface area contributed by atoms with Gasteiger partial charge in [-0.05, 0) is 17.7 Å². The second-order valence-corrected chi connectivity index (χ2v) is 3.42. The molecule has 0 fully saturated rings. The highest BCUT2D eigenvalue weighted by molar-refractivity contribution is 5.40. The second kappa shape index (κ2) is 6.76. The Hall–Kier alpha value is -1.74. The molecule has 0 N–H and O–H groups in total. The molecule has 0 aromatic heterocycles. The van der Waals surface area contributed by atoms with E-state index in [2.05, 4.69) is 13.2 Å². The fourth-order valence-corrected chi connectivity index (χ4v) is 1.47. The van der Waals surface area contributed by atoms with E-state index in [4.69, 9.17) is 14.2 Å². The summed E-state index contributed by atoms with van der Waals surface area (Å²) in [6.07, 6.45) is 3.24. The molecule has 1 aromatic rings. The van der Waals surface area contributed by atoms with E-state index in [1.807, 2.05) is 18.2 Å². The molecule has 0 bridgehead atoms. The summed E-state index contributed by atoms with van der Waals surface area (Å²) in [5, 5.41) is 0. The average Bonchev–Trinajstić information content (AvgIpc) is 2.39. The van der Waals surface area contributed by atoms with Crippen molar-refractivity contribution in [3.05, 3.63) is 49.1 Å². The molecule has 0 saturated heterocycles. The largest absolute Gasteiger partial charge is 0.497 e. The Balaban J connectivity index is 3.00. The van der Waals surface area contributed by atoms with Crippen LogP contribution in [-0.2, 0) is 4.74 Å². The van der Waals surface area contributed by atoms with Crippen LogP contribution in [0.1, 0.15) is 11.7 Å². The molecule has 1 unspecified atom stereocenters. The SMILES string of the molecule is C=CCOC(C=C)c1cc(OC)cc(OC)c1. The summed E-state index contributed by atoms with van der Waals surface area (Å²) in [6, 6.07) is 5.62. The first-order chi connectivity index (χ1) is 8.24. The molecule has 0 heterocycles. The van der Waals surface area contributed by atoms with Crippen LogP contribution in [0, 0.1) is 0 Å². The van der Waals surface area contributed by atoms with Gasteiger partial charge in [-0.3, -0.25) is 0 Å². The van der Waals surface area contributed by atoms with Crippen LogP contribution in [0.2, 0.25) is 0 Å². The highest BCUT2D eigenvalue weighted by atomic mass is 16.5. The molecule has 0 saturated carbocycles. The van der Waals surface area contributed by atoms with Crippen molar-refractivity contribution in [3.63, 3.8) is 0 Å². The van der Waals surface area contributed by atoms with Crippen LogP contribution in [0.25, 0.3) is 0 Å². The van der Waals surface area contributed by atoms with Crippen molar-refractivity contribution in [2.75, 3.05) is 20.8 Å². The Morgan fingerprint density at radius 3 is 2.12 bits per heavy atom. The van der Waals surface area contributed by atoms with Gasteiger partial charge in [0, 0.05) is 6.07 Å². The van der Waals surface area contributed by atoms with Gasteiger partial charge in [-0.15, -0.1) is 13.2 Å². The highest BCUT2D eigenvalue weighted by Gasteiger charge is 2.10. The van der Waals surface area contributed by atoms with Crippen LogP contribution in [-0.4, -0.2) is 20.8 Å². The van der Waals surface area contributed by atoms with Gasteiger partial charge in [0.25, 0.3) is 0 Å². The van der Waals surface area contributed by atoms with E-state index in [0.717, 1.165) is 17.1 Å². The Bertz CT molecular complexity index is 363. The van der Waals surface area contributed by atoms with Gasteiger partial charge in [-0.1, -0.05) is 12.2 Å². The van der Waals surface area contributed by atoms with Crippen LogP contribution in [0.4, 0.5) is 0 Å². The Labute approximate surface area is 102 Å². The Morgan fingerprint density at radius 2 is 1.71 bits per heavy atom. The van der Waals surface area contributed by atoms with Gasteiger partial charge in [-0.2, -0.15) is 0 Å². The molecule has 0 aliphatic heterocycles. The molecule has 0 spiro atoms. The minimum atomic E-state index is -0.197. The van der Waals surface area contributed by atoms with Crippen molar-refractivity contribution in [2.45, 2.75) is 6.10 Å². The summed E-state index contributed by atoms with van der Waals surface area (Å²) >= 11 is 0. The molecule has 1 rings (SSSR count). The third-order valence-corrected chi connectivity index (χ3v) is 2.31. The molecule has 17 heavy (non-hydrogen) atoms. The van der Waals surface area contributed by atoms with E-state index < -0.39 is 0 Å². The molecular weight excluding hydrogens is 216 g/mol. The molecule has 1 aromatic carbocycles. The van der Waals surface area contributed by atoms with Crippen LogP contribution in [0.15, 0.2) is 43.5 Å². The summed E-state index contributed by atoms with van der Waals surface area (Å²) in [4.78, 5) is 0. The third-order valence-electron chi connectivity index (χ3n) is 2.31. The smallest absolute Gasteiger partial charge is 0.122 e. The maximum absolute atomic E-state index is 5.58. The second-order valence-electron chi connectivity index (χ2n) is 3.42. The highest BCUT2D eigenvalue weighted by Crippen LogP contribution is 2.28. The summed E-state index contributed by atoms with van der Waals surface area (Å²) in [5.74, 6) is 1.46. The standard InChI is InChI=1S/C14H18O3/c1-5-7-17-14(6-2)11-8-12(15-3)10-13(9-11)16-4/h5-6,8-10,14H,1-2,7H2,3-4H3. The number of ether oxygens (including phenoxy) is 3. The van der Waals surface area contributed by atoms with E-state index in [9.17, 15) is 0 Å². The first-order valence-electron chi connectivity index (χ1n) is 5.33. The predicted octanol–water partition coefficient (Wildman–Crippen LogP) is 3.13. The molecule has 3 nitrogen and oxygen atoms in total. The molecule has 92 valence electrons. The lowest BCUT2D eigenvalue weighted by Gasteiger charge is -2.15. The zero-order valence-electron chi connectivity index (χ0n) is 10.3. The maximum Gasteiger partial charge on any atom is 0.122 e. The van der Waals surface area contributed by atoms with Gasteiger partial charge in [-0.25, -0.2) is 0 Å². The monoisotopic (exact) mass is 234 g/mol. The van der Waals surface area contributed by atoms with Crippen LogP contribution >= 0.6 is 0 Å². The fourth-order valence-electron chi connectivity index (χ4n) is 1.47. The van der Waals surface area contributed by atoms with Gasteiger partial charge < -0.3 is 14.2 Å². The van der Waals surface area contributed by atoms with E-state index in [0.29, 0.717) is 6.61 Å². The lowest BCUT2D eigenvalue weighted by Crippen LogP contribution is -2.02. The van der Waals surface area contributed by atoms with Crippen molar-refractivity contribution in [1.29, 1.82) is 0 Å². The Kier molecular flexibility index (Phi) is 5.30. The molecule has 0 aliphatic rings. The van der Waals surface area contributed by atoms with Crippen molar-refractivity contribution < 1.29 is 14.2 Å². The molecule has 0 radical (unpaired) electrons. The number of benzene rings is 1. The number of methoxy groups -OCH3 is 2. The lowest BCUT2D eigenvalue weighted by molar-refractivity contribution is 0.110. The zero-order chi connectivity index (χ0) is 12.7. The van der Waals surface area contributed by atoms with Gasteiger partial charge in [0.15, 0.2) is 0 Å². The normalized spacial score (nSPS) is 11.6. The maximum atomic E-state index is 5.58. The molecule has 1 atom stereocenters. The van der Waals surface area contributed by atoms with Crippen molar-refractivity contribution in [1.82, 2.24) is 0 Å². The summed E-state index contributed by atoms with van der Waals surface area (Å²) < 4.78 is 16.0. The van der Waals surface area contributed by atoms with Crippen LogP contribution in [0.3, 0.4) is 0 Å². The van der Waals surface area contributed by atoms with Gasteiger partial charge in [0.1, 0.15) is 17.6 Å². The minimum Gasteiger partial charge on any atom is -0.497 e. The number of hydrogen-bond donors (Lipinski definition) is 0. The molecule has 0 amide bonds. The number of rotatable bonds is 7. The van der Waals surface area contributed by atoms with Crippen molar-refractivity contribution >= 4 is 0 Å². The molecule has 3 heteroatoms. The third kappa shape index (κ3) is 3.64. The summed E-state index contributed by atoms with van der Waals surface area (Å²) in [6.45, 7) is 7.85. The predicted molar refractivity (Wildman–Crippen MR) is 68.6 cm³/mol. The first kappa shape index (κ1) is 13.3. The fraction of sp³-hybridized carbons (Fsp3) is 0.286. The minimum absolute atomic E-state index is 0.197. The quantitative estimate of drug-likeness (QED) is 0.678. The van der Waals surface area contributed by atoms with Gasteiger partial charge in [0.05, 0.1) is 20.8 Å². The molecular formula is C14H18O3. The van der Waals surface area contributed by atoms with E-state index in [-0.39, 0.29) is 6.10 Å². The van der Waals surface area contributed by atoms with E-state index >= 15 is 0 Å². The first-order valence-corrected chi connectivity index (χ1v) is 5.33.